The molecule has 5 nitrogen and oxygen atoms in total. The van der Waals surface area contributed by atoms with Crippen LogP contribution in [-0.2, 0) is 27.3 Å². The van der Waals surface area contributed by atoms with Crippen LogP contribution in [0.5, 0.6) is 5.06 Å². The highest BCUT2D eigenvalue weighted by molar-refractivity contribution is 7.14. The summed E-state index contributed by atoms with van der Waals surface area (Å²) < 4.78 is 24.5. The number of carbonyl (C=O) groups excluding carboxylic acids is 2. The van der Waals surface area contributed by atoms with Gasteiger partial charge >= 0.3 is 11.9 Å². The lowest BCUT2D eigenvalue weighted by atomic mass is 10.0. The molecule has 0 radical (unpaired) electrons. The van der Waals surface area contributed by atoms with Crippen molar-refractivity contribution >= 4 is 23.3 Å². The Morgan fingerprint density at radius 1 is 1.35 bits per heavy atom. The Labute approximate surface area is 155 Å². The largest absolute Gasteiger partial charge is 0.468 e. The van der Waals surface area contributed by atoms with Crippen LogP contribution in [-0.4, -0.2) is 30.5 Å². The molecule has 138 valence electrons. The molecule has 0 fully saturated rings. The van der Waals surface area contributed by atoms with Gasteiger partial charge in [-0.1, -0.05) is 25.1 Å². The van der Waals surface area contributed by atoms with Crippen LogP contribution in [0.25, 0.3) is 0 Å². The van der Waals surface area contributed by atoms with Gasteiger partial charge in [-0.3, -0.25) is 9.69 Å². The molecule has 0 aliphatic carbocycles. The predicted molar refractivity (Wildman–Crippen MR) is 95.5 cm³/mol. The number of thiophene rings is 1. The summed E-state index contributed by atoms with van der Waals surface area (Å²) in [6.07, 6.45) is 1.01. The summed E-state index contributed by atoms with van der Waals surface area (Å²) in [4.78, 5) is 26.9. The molecule has 1 aromatic carbocycles. The topological polar surface area (TPSA) is 55.8 Å². The molecular weight excluding hydrogens is 357 g/mol. The molecule has 0 saturated heterocycles. The number of hydrogen-bond acceptors (Lipinski definition) is 6. The van der Waals surface area contributed by atoms with Gasteiger partial charge in [0, 0.05) is 30.0 Å². The number of ether oxygens (including phenoxy) is 2. The molecule has 1 aromatic heterocycles. The average molecular weight is 377 g/mol. The van der Waals surface area contributed by atoms with Crippen LogP contribution >= 0.6 is 11.3 Å². The van der Waals surface area contributed by atoms with Crippen molar-refractivity contribution in [1.82, 2.24) is 4.90 Å². The molecule has 1 aliphatic rings. The number of esters is 2. The van der Waals surface area contributed by atoms with Crippen molar-refractivity contribution in [2.75, 3.05) is 13.7 Å². The summed E-state index contributed by atoms with van der Waals surface area (Å²) in [5.41, 5.74) is 1.29. The maximum Gasteiger partial charge on any atom is 0.327 e. The molecule has 1 atom stereocenters. The van der Waals surface area contributed by atoms with Crippen LogP contribution < -0.4 is 4.74 Å². The number of methoxy groups -OCH3 is 1. The molecule has 0 amide bonds. The minimum Gasteiger partial charge on any atom is -0.468 e. The number of rotatable bonds is 5. The number of carbonyl (C=O) groups is 2. The van der Waals surface area contributed by atoms with Gasteiger partial charge in [0.2, 0.25) is 0 Å². The summed E-state index contributed by atoms with van der Waals surface area (Å²) in [6.45, 7) is 2.79. The van der Waals surface area contributed by atoms with E-state index in [9.17, 15) is 14.0 Å². The van der Waals surface area contributed by atoms with Crippen molar-refractivity contribution in [3.8, 4) is 5.06 Å². The van der Waals surface area contributed by atoms with E-state index in [1.807, 2.05) is 11.0 Å². The summed E-state index contributed by atoms with van der Waals surface area (Å²) in [5, 5.41) is 0.559. The second kappa shape index (κ2) is 7.97. The molecule has 0 saturated carbocycles. The Kier molecular flexibility index (Phi) is 5.68. The van der Waals surface area contributed by atoms with Crippen LogP contribution in [0.3, 0.4) is 0 Å². The summed E-state index contributed by atoms with van der Waals surface area (Å²) in [6, 6.07) is 7.26. The van der Waals surface area contributed by atoms with E-state index in [1.54, 1.807) is 25.1 Å². The van der Waals surface area contributed by atoms with E-state index in [2.05, 4.69) is 0 Å². The fourth-order valence-electron chi connectivity index (χ4n) is 3.06. The third-order valence-corrected chi connectivity index (χ3v) is 5.48. The third kappa shape index (κ3) is 3.78. The Morgan fingerprint density at radius 2 is 2.12 bits per heavy atom. The third-order valence-electron chi connectivity index (χ3n) is 4.37. The Morgan fingerprint density at radius 3 is 2.81 bits per heavy atom. The van der Waals surface area contributed by atoms with Gasteiger partial charge < -0.3 is 9.47 Å². The lowest BCUT2D eigenvalue weighted by molar-refractivity contribution is -0.148. The zero-order valence-electron chi connectivity index (χ0n) is 14.7. The minimum absolute atomic E-state index is 0.278. The number of hydrogen-bond donors (Lipinski definition) is 0. The predicted octanol–water partition coefficient (Wildman–Crippen LogP) is 3.48. The lowest BCUT2D eigenvalue weighted by Gasteiger charge is -2.33. The fraction of sp³-hybridized carbons (Fsp3) is 0.368. The van der Waals surface area contributed by atoms with Gasteiger partial charge in [-0.2, -0.15) is 0 Å². The van der Waals surface area contributed by atoms with E-state index in [0.29, 0.717) is 36.6 Å². The molecule has 3 rings (SSSR count). The van der Waals surface area contributed by atoms with Crippen LogP contribution in [0, 0.1) is 5.82 Å². The Balaban J connectivity index is 1.86. The standard InChI is InChI=1S/C19H20FNO4S/c1-3-16(22)25-17-10-12-11-21(9-8-15(12)26-17)18(19(23)24-2)13-6-4-5-7-14(13)20/h4-7,10,18H,3,8-9,11H2,1-2H3/t18-/m0/s1. The van der Waals surface area contributed by atoms with Gasteiger partial charge in [-0.15, -0.1) is 11.3 Å². The maximum atomic E-state index is 14.3. The number of nitrogens with zero attached hydrogens (tertiary/aromatic N) is 1. The number of halogens is 1. The van der Waals surface area contributed by atoms with Crippen LogP contribution in [0.15, 0.2) is 30.3 Å². The van der Waals surface area contributed by atoms with Crippen molar-refractivity contribution in [3.05, 3.63) is 52.2 Å². The molecule has 2 heterocycles. The highest BCUT2D eigenvalue weighted by atomic mass is 32.1. The van der Waals surface area contributed by atoms with Gasteiger partial charge in [0.15, 0.2) is 5.06 Å². The van der Waals surface area contributed by atoms with E-state index < -0.39 is 17.8 Å². The molecule has 0 unspecified atom stereocenters. The highest BCUT2D eigenvalue weighted by Gasteiger charge is 2.33. The molecule has 1 aliphatic heterocycles. The normalized spacial score (nSPS) is 15.2. The molecule has 26 heavy (non-hydrogen) atoms. The lowest BCUT2D eigenvalue weighted by Crippen LogP contribution is -2.38. The zero-order chi connectivity index (χ0) is 18.7. The van der Waals surface area contributed by atoms with Crippen molar-refractivity contribution in [1.29, 1.82) is 0 Å². The van der Waals surface area contributed by atoms with Gasteiger partial charge in [-0.05, 0) is 24.1 Å². The summed E-state index contributed by atoms with van der Waals surface area (Å²) >= 11 is 1.45. The van der Waals surface area contributed by atoms with E-state index in [-0.39, 0.29) is 5.97 Å². The second-order valence-corrected chi connectivity index (χ2v) is 7.11. The number of fused-ring (bicyclic) bond motifs is 1. The molecule has 0 spiro atoms. The summed E-state index contributed by atoms with van der Waals surface area (Å²) in [7, 11) is 1.30. The first-order chi connectivity index (χ1) is 12.5. The van der Waals surface area contributed by atoms with Crippen LogP contribution in [0.2, 0.25) is 0 Å². The molecule has 0 bridgehead atoms. The minimum atomic E-state index is -0.809. The Bertz CT molecular complexity index is 820. The molecule has 2 aromatic rings. The maximum absolute atomic E-state index is 14.3. The molecule has 0 N–H and O–H groups in total. The van der Waals surface area contributed by atoms with E-state index in [0.717, 1.165) is 10.4 Å². The molecule has 7 heteroatoms. The zero-order valence-corrected chi connectivity index (χ0v) is 15.5. The van der Waals surface area contributed by atoms with Gasteiger partial charge in [-0.25, -0.2) is 9.18 Å². The van der Waals surface area contributed by atoms with E-state index >= 15 is 0 Å². The van der Waals surface area contributed by atoms with E-state index in [4.69, 9.17) is 9.47 Å². The first-order valence-electron chi connectivity index (χ1n) is 8.42. The van der Waals surface area contributed by atoms with Gasteiger partial charge in [0.05, 0.1) is 7.11 Å². The highest BCUT2D eigenvalue weighted by Crippen LogP contribution is 2.37. The van der Waals surface area contributed by atoms with Crippen LogP contribution in [0.1, 0.15) is 35.4 Å². The first kappa shape index (κ1) is 18.5. The Hall–Kier alpha value is -2.25. The smallest absolute Gasteiger partial charge is 0.327 e. The van der Waals surface area contributed by atoms with Gasteiger partial charge in [0.1, 0.15) is 11.9 Å². The van der Waals surface area contributed by atoms with E-state index in [1.165, 1.54) is 24.5 Å². The SMILES string of the molecule is CCC(=O)Oc1cc2c(s1)CCN([C@H](C(=O)OC)c1ccccc1F)C2. The summed E-state index contributed by atoms with van der Waals surface area (Å²) in [5.74, 6) is -1.21. The van der Waals surface area contributed by atoms with Crippen molar-refractivity contribution in [2.45, 2.75) is 32.4 Å². The monoisotopic (exact) mass is 377 g/mol. The molecular formula is C19H20FNO4S. The van der Waals surface area contributed by atoms with Crippen molar-refractivity contribution < 1.29 is 23.5 Å². The van der Waals surface area contributed by atoms with Gasteiger partial charge in [0.25, 0.3) is 0 Å². The quantitative estimate of drug-likeness (QED) is 0.747. The fourth-order valence-corrected chi connectivity index (χ4v) is 4.09. The first-order valence-corrected chi connectivity index (χ1v) is 9.23. The number of benzene rings is 1. The van der Waals surface area contributed by atoms with Crippen molar-refractivity contribution in [2.24, 2.45) is 0 Å². The average Bonchev–Trinajstić information content (AvgIpc) is 3.04. The van der Waals surface area contributed by atoms with Crippen molar-refractivity contribution in [3.63, 3.8) is 0 Å². The van der Waals surface area contributed by atoms with Crippen LogP contribution in [0.4, 0.5) is 4.39 Å². The second-order valence-electron chi connectivity index (χ2n) is 6.01.